The van der Waals surface area contributed by atoms with Crippen molar-refractivity contribution in [2.75, 3.05) is 29.8 Å². The van der Waals surface area contributed by atoms with E-state index in [0.717, 1.165) is 10.6 Å². The summed E-state index contributed by atoms with van der Waals surface area (Å²) in [5.41, 5.74) is 1.09. The van der Waals surface area contributed by atoms with Gasteiger partial charge in [-0.3, -0.25) is 18.2 Å². The van der Waals surface area contributed by atoms with Gasteiger partial charge in [-0.2, -0.15) is 13.2 Å². The molecule has 1 saturated heterocycles. The summed E-state index contributed by atoms with van der Waals surface area (Å²) in [6, 6.07) is 5.92. The minimum atomic E-state index is -4.70. The lowest BCUT2D eigenvalue weighted by molar-refractivity contribution is -0.138. The lowest BCUT2D eigenvalue weighted by atomic mass is 9.95. The van der Waals surface area contributed by atoms with E-state index < -0.39 is 46.3 Å². The Bertz CT molecular complexity index is 1710. The molecule has 2 N–H and O–H groups in total. The minimum Gasteiger partial charge on any atom is -0.482 e. The number of fused-ring (bicyclic) bond motifs is 3. The third-order valence-electron chi connectivity index (χ3n) is 7.29. The van der Waals surface area contributed by atoms with Crippen molar-refractivity contribution in [3.8, 4) is 5.75 Å². The van der Waals surface area contributed by atoms with Crippen molar-refractivity contribution < 1.29 is 36.2 Å². The third kappa shape index (κ3) is 5.50. The Kier molecular flexibility index (Phi) is 7.69. The number of nitrogens with zero attached hydrogens (tertiary/aromatic N) is 6. The van der Waals surface area contributed by atoms with E-state index in [2.05, 4.69) is 15.1 Å². The Hall–Kier alpha value is -3.18. The van der Waals surface area contributed by atoms with Gasteiger partial charge in [-0.15, -0.1) is 15.9 Å². The molecule has 0 bridgehead atoms. The molecule has 2 aliphatic heterocycles. The van der Waals surface area contributed by atoms with Crippen molar-refractivity contribution in [1.29, 1.82) is 0 Å². The van der Waals surface area contributed by atoms with Crippen LogP contribution in [0, 0.1) is 5.82 Å². The first-order valence-electron chi connectivity index (χ1n) is 13.2. The lowest BCUT2D eigenvalue weighted by Crippen LogP contribution is -2.43. The van der Waals surface area contributed by atoms with E-state index in [1.54, 1.807) is 12.1 Å². The van der Waals surface area contributed by atoms with Gasteiger partial charge in [-0.25, -0.2) is 18.9 Å². The summed E-state index contributed by atoms with van der Waals surface area (Å²) >= 11 is 6.33. The molecule has 3 aromatic heterocycles. The zero-order chi connectivity index (χ0) is 30.7. The highest BCUT2D eigenvalue weighted by molar-refractivity contribution is 8.25. The van der Waals surface area contributed by atoms with Gasteiger partial charge in [-0.05, 0) is 37.1 Å². The number of benzene rings is 1. The molecule has 0 spiro atoms. The smallest absolute Gasteiger partial charge is 0.445 e. The number of ether oxygens (including phenoxy) is 1. The van der Waals surface area contributed by atoms with Gasteiger partial charge in [0.15, 0.2) is 6.61 Å². The third-order valence-corrected chi connectivity index (χ3v) is 10.4. The van der Waals surface area contributed by atoms with Crippen molar-refractivity contribution in [1.82, 2.24) is 24.5 Å². The summed E-state index contributed by atoms with van der Waals surface area (Å²) in [7, 11) is -2.94. The number of hydrogen-bond donors (Lipinski definition) is 2. The number of aromatic nitrogens is 4. The maximum atomic E-state index is 15.3. The first kappa shape index (κ1) is 29.9. The first-order chi connectivity index (χ1) is 20.4. The number of imidazole rings is 1. The molecule has 6 rings (SSSR count). The average Bonchev–Trinajstić information content (AvgIpc) is 3.63. The van der Waals surface area contributed by atoms with Crippen LogP contribution in [0.25, 0.3) is 4.96 Å². The van der Waals surface area contributed by atoms with Crippen molar-refractivity contribution in [2.24, 2.45) is 0 Å². The second kappa shape index (κ2) is 11.1. The number of rotatable bonds is 6. The Balaban J connectivity index is 1.32. The van der Waals surface area contributed by atoms with Gasteiger partial charge in [0.2, 0.25) is 9.97 Å². The molecule has 0 radical (unpaired) electrons. The largest absolute Gasteiger partial charge is 0.482 e. The molecule has 1 aromatic carbocycles. The number of carbonyl (C=O) groups is 1. The summed E-state index contributed by atoms with van der Waals surface area (Å²) in [6.07, 6.45) is -3.45. The Morgan fingerprint density at radius 1 is 1.21 bits per heavy atom. The van der Waals surface area contributed by atoms with Gasteiger partial charge in [0.25, 0.3) is 5.91 Å². The number of aryl methyl sites for hydroxylation is 1. The SMILES string of the molecule is CCc1nc(N2CCCS2(O)O)ccc1OCC(=O)N1CCc2nc3sc(C(F)(F)F)nn3c2[C@@H]1c1ccc(Cl)cc1F. The molecule has 0 aliphatic carbocycles. The van der Waals surface area contributed by atoms with Gasteiger partial charge < -0.3 is 9.64 Å². The quantitative estimate of drug-likeness (QED) is 0.243. The van der Waals surface area contributed by atoms with Gasteiger partial charge in [-0.1, -0.05) is 35.9 Å². The predicted octanol–water partition coefficient (Wildman–Crippen LogP) is 5.99. The number of alkyl halides is 3. The first-order valence-corrected chi connectivity index (χ1v) is 16.1. The highest BCUT2D eigenvalue weighted by Gasteiger charge is 2.41. The maximum absolute atomic E-state index is 15.3. The minimum absolute atomic E-state index is 0.0179. The fourth-order valence-corrected chi connectivity index (χ4v) is 7.84. The summed E-state index contributed by atoms with van der Waals surface area (Å²) in [6.45, 7) is 1.91. The fourth-order valence-electron chi connectivity index (χ4n) is 5.33. The van der Waals surface area contributed by atoms with E-state index in [4.69, 9.17) is 16.3 Å². The molecule has 1 fully saturated rings. The van der Waals surface area contributed by atoms with Crippen LogP contribution in [0.3, 0.4) is 0 Å². The number of hydrogen-bond acceptors (Lipinski definition) is 9. The van der Waals surface area contributed by atoms with Crippen LogP contribution in [-0.2, 0) is 23.8 Å². The van der Waals surface area contributed by atoms with Crippen LogP contribution in [-0.4, -0.2) is 64.9 Å². The second-order valence-corrected chi connectivity index (χ2v) is 13.5. The number of carbonyl (C=O) groups excluding carboxylic acids is 1. The molecular formula is C26H25ClF4N6O4S2. The van der Waals surface area contributed by atoms with Crippen LogP contribution in [0.5, 0.6) is 5.75 Å². The van der Waals surface area contributed by atoms with E-state index in [0.29, 0.717) is 53.7 Å². The molecule has 0 unspecified atom stereocenters. The monoisotopic (exact) mass is 660 g/mol. The summed E-state index contributed by atoms with van der Waals surface area (Å²) in [4.78, 5) is 23.8. The molecule has 2 aliphatic rings. The molecule has 4 aromatic rings. The van der Waals surface area contributed by atoms with Crippen LogP contribution in [0.2, 0.25) is 5.02 Å². The normalized spacial score (nSPS) is 19.1. The maximum Gasteiger partial charge on any atom is 0.445 e. The topological polar surface area (TPSA) is 116 Å². The van der Waals surface area contributed by atoms with Crippen molar-refractivity contribution in [2.45, 2.75) is 38.4 Å². The molecule has 17 heteroatoms. The number of halogens is 5. The van der Waals surface area contributed by atoms with E-state index in [1.165, 1.54) is 21.3 Å². The molecule has 10 nitrogen and oxygen atoms in total. The zero-order valence-electron chi connectivity index (χ0n) is 22.5. The Morgan fingerprint density at radius 3 is 2.67 bits per heavy atom. The molecule has 43 heavy (non-hydrogen) atoms. The summed E-state index contributed by atoms with van der Waals surface area (Å²) < 4.78 is 84.7. The van der Waals surface area contributed by atoms with Crippen LogP contribution in [0.4, 0.5) is 23.4 Å². The molecule has 0 saturated carbocycles. The van der Waals surface area contributed by atoms with E-state index in [-0.39, 0.29) is 40.0 Å². The second-order valence-electron chi connectivity index (χ2n) is 10.00. The highest BCUT2D eigenvalue weighted by atomic mass is 35.5. The van der Waals surface area contributed by atoms with Crippen molar-refractivity contribution in [3.63, 3.8) is 0 Å². The predicted molar refractivity (Wildman–Crippen MR) is 153 cm³/mol. The van der Waals surface area contributed by atoms with E-state index in [1.807, 2.05) is 6.92 Å². The van der Waals surface area contributed by atoms with E-state index >= 15 is 4.39 Å². The standard InChI is InChI=1S/C26H25ClF4N6O4S2/c1-2-17-19(6-7-20(32-17)36-9-3-11-43(36,39)40)41-13-21(38)35-10-8-18-23(22(35)15-5-4-14(27)12-16(15)28)37-25(33-18)42-24(34-37)26(29,30)31/h4-7,12,22,39-40H,2-3,8-11,13H2,1H3/t22-/m0/s1. The highest BCUT2D eigenvalue weighted by Crippen LogP contribution is 2.50. The number of pyridine rings is 1. The molecular weight excluding hydrogens is 636 g/mol. The lowest BCUT2D eigenvalue weighted by Gasteiger charge is -2.37. The van der Waals surface area contributed by atoms with Crippen LogP contribution >= 0.6 is 33.7 Å². The average molecular weight is 661 g/mol. The van der Waals surface area contributed by atoms with Gasteiger partial charge >= 0.3 is 6.18 Å². The van der Waals surface area contributed by atoms with Crippen molar-refractivity contribution >= 4 is 50.4 Å². The Morgan fingerprint density at radius 2 is 2.00 bits per heavy atom. The van der Waals surface area contributed by atoms with E-state index in [9.17, 15) is 27.1 Å². The molecule has 5 heterocycles. The van der Waals surface area contributed by atoms with Crippen molar-refractivity contribution in [3.05, 3.63) is 68.8 Å². The number of amides is 1. The fraction of sp³-hybridized carbons (Fsp3) is 0.385. The van der Waals surface area contributed by atoms with Crippen LogP contribution in [0.15, 0.2) is 30.3 Å². The summed E-state index contributed by atoms with van der Waals surface area (Å²) in [5.74, 6) is -0.334. The zero-order valence-corrected chi connectivity index (χ0v) is 24.9. The van der Waals surface area contributed by atoms with Gasteiger partial charge in [0, 0.05) is 30.1 Å². The summed E-state index contributed by atoms with van der Waals surface area (Å²) in [5, 5.41) is 2.73. The molecule has 1 amide bonds. The van der Waals surface area contributed by atoms with Gasteiger partial charge in [0.1, 0.15) is 23.4 Å². The molecule has 1 atom stereocenters. The van der Waals surface area contributed by atoms with Crippen LogP contribution in [0.1, 0.15) is 47.0 Å². The van der Waals surface area contributed by atoms with Crippen LogP contribution < -0.4 is 9.04 Å². The molecule has 230 valence electrons. The Labute approximate surface area is 253 Å². The number of anilines is 1. The van der Waals surface area contributed by atoms with Gasteiger partial charge in [0.05, 0.1) is 22.8 Å².